The Kier molecular flexibility index (Phi) is 5.14. The number of benzene rings is 4. The van der Waals surface area contributed by atoms with Crippen LogP contribution in [0.15, 0.2) is 111 Å². The molecule has 4 aromatic rings. The fourth-order valence-electron chi connectivity index (χ4n) is 5.41. The Balaban J connectivity index is 1.90. The van der Waals surface area contributed by atoms with Crippen LogP contribution in [0.4, 0.5) is 0 Å². The zero-order chi connectivity index (χ0) is 23.0. The molecular weight excluding hydrogens is 404 g/mol. The zero-order valence-corrected chi connectivity index (χ0v) is 19.0. The SMILES string of the molecule is C=COc1ccc(C2(c3ccc(OC=C)cc3C)c3ccccc3-c3ccccc32)c(C)c1. The first-order chi connectivity index (χ1) is 16.1. The molecule has 0 saturated heterocycles. The van der Waals surface area contributed by atoms with Gasteiger partial charge in [0.05, 0.1) is 17.9 Å². The van der Waals surface area contributed by atoms with Gasteiger partial charge in [0, 0.05) is 0 Å². The van der Waals surface area contributed by atoms with E-state index in [2.05, 4.69) is 99.8 Å². The summed E-state index contributed by atoms with van der Waals surface area (Å²) >= 11 is 0. The van der Waals surface area contributed by atoms with Gasteiger partial charge in [0.15, 0.2) is 0 Å². The summed E-state index contributed by atoms with van der Waals surface area (Å²) in [5.41, 5.74) is 9.43. The van der Waals surface area contributed by atoms with Gasteiger partial charge in [-0.3, -0.25) is 0 Å². The maximum Gasteiger partial charge on any atom is 0.126 e. The molecule has 0 radical (unpaired) electrons. The molecule has 0 aliphatic heterocycles. The summed E-state index contributed by atoms with van der Waals surface area (Å²) in [7, 11) is 0. The molecule has 0 amide bonds. The summed E-state index contributed by atoms with van der Waals surface area (Å²) in [4.78, 5) is 0. The Hall–Kier alpha value is -4.04. The van der Waals surface area contributed by atoms with Crippen LogP contribution in [0.1, 0.15) is 33.4 Å². The van der Waals surface area contributed by atoms with Crippen LogP contribution in [-0.4, -0.2) is 0 Å². The Labute approximate surface area is 195 Å². The van der Waals surface area contributed by atoms with Crippen molar-refractivity contribution in [2.75, 3.05) is 0 Å². The van der Waals surface area contributed by atoms with E-state index in [1.165, 1.54) is 45.9 Å². The van der Waals surface area contributed by atoms with Crippen LogP contribution in [0, 0.1) is 13.8 Å². The highest BCUT2D eigenvalue weighted by atomic mass is 16.5. The minimum Gasteiger partial charge on any atom is -0.466 e. The third-order valence-electron chi connectivity index (χ3n) is 6.59. The maximum absolute atomic E-state index is 5.59. The van der Waals surface area contributed by atoms with E-state index in [1.54, 1.807) is 0 Å². The van der Waals surface area contributed by atoms with Crippen molar-refractivity contribution in [1.29, 1.82) is 0 Å². The molecule has 0 fully saturated rings. The van der Waals surface area contributed by atoms with E-state index in [4.69, 9.17) is 9.47 Å². The van der Waals surface area contributed by atoms with Gasteiger partial charge >= 0.3 is 0 Å². The molecule has 162 valence electrons. The molecule has 0 atom stereocenters. The number of ether oxygens (including phenoxy) is 2. The third-order valence-corrected chi connectivity index (χ3v) is 6.59. The predicted molar refractivity (Wildman–Crippen MR) is 135 cm³/mol. The lowest BCUT2D eigenvalue weighted by molar-refractivity contribution is 0.482. The minimum atomic E-state index is -0.458. The van der Waals surface area contributed by atoms with Crippen molar-refractivity contribution in [3.63, 3.8) is 0 Å². The molecule has 0 saturated carbocycles. The van der Waals surface area contributed by atoms with Crippen LogP contribution >= 0.6 is 0 Å². The fraction of sp³-hybridized carbons (Fsp3) is 0.0968. The Morgan fingerprint density at radius 2 is 1.00 bits per heavy atom. The van der Waals surface area contributed by atoms with E-state index in [9.17, 15) is 0 Å². The number of rotatable bonds is 6. The first-order valence-corrected chi connectivity index (χ1v) is 11.1. The number of fused-ring (bicyclic) bond motifs is 3. The molecule has 5 rings (SSSR count). The van der Waals surface area contributed by atoms with Gasteiger partial charge in [-0.15, -0.1) is 0 Å². The van der Waals surface area contributed by atoms with Gasteiger partial charge in [0.1, 0.15) is 11.5 Å². The summed E-state index contributed by atoms with van der Waals surface area (Å²) in [6, 6.07) is 30.1. The third kappa shape index (κ3) is 3.10. The second kappa shape index (κ2) is 8.14. The van der Waals surface area contributed by atoms with Gasteiger partial charge < -0.3 is 9.47 Å². The smallest absolute Gasteiger partial charge is 0.126 e. The Morgan fingerprint density at radius 1 is 0.576 bits per heavy atom. The number of hydrogen-bond acceptors (Lipinski definition) is 2. The minimum absolute atomic E-state index is 0.458. The standard InChI is InChI=1S/C31H26O2/c1-5-32-23-15-17-27(21(3)19-23)31(28-18-16-24(33-6-2)20-22(28)4)29-13-9-7-11-25(29)26-12-8-10-14-30(26)31/h5-20H,1-2H2,3-4H3. The summed E-state index contributed by atoms with van der Waals surface area (Å²) in [6.07, 6.45) is 2.93. The first kappa shape index (κ1) is 20.8. The molecule has 0 heterocycles. The van der Waals surface area contributed by atoms with Crippen molar-refractivity contribution in [3.05, 3.63) is 144 Å². The van der Waals surface area contributed by atoms with E-state index < -0.39 is 5.41 Å². The van der Waals surface area contributed by atoms with E-state index in [1.807, 2.05) is 12.1 Å². The summed E-state index contributed by atoms with van der Waals surface area (Å²) in [5.74, 6) is 1.57. The normalized spacial score (nSPS) is 13.0. The Bertz CT molecular complexity index is 1270. The van der Waals surface area contributed by atoms with Crippen molar-refractivity contribution in [2.45, 2.75) is 19.3 Å². The lowest BCUT2D eigenvalue weighted by Gasteiger charge is -2.36. The molecule has 0 aromatic heterocycles. The molecule has 0 spiro atoms. The van der Waals surface area contributed by atoms with Crippen LogP contribution in [0.3, 0.4) is 0 Å². The van der Waals surface area contributed by atoms with Gasteiger partial charge in [-0.05, 0) is 82.6 Å². The maximum atomic E-state index is 5.59. The quantitative estimate of drug-likeness (QED) is 0.257. The largest absolute Gasteiger partial charge is 0.466 e. The lowest BCUT2D eigenvalue weighted by Crippen LogP contribution is -2.30. The highest BCUT2D eigenvalue weighted by molar-refractivity contribution is 5.87. The van der Waals surface area contributed by atoms with Crippen molar-refractivity contribution < 1.29 is 9.47 Å². The number of hydrogen-bond donors (Lipinski definition) is 0. The van der Waals surface area contributed by atoms with Crippen LogP contribution in [0.2, 0.25) is 0 Å². The van der Waals surface area contributed by atoms with Crippen molar-refractivity contribution in [1.82, 2.24) is 0 Å². The van der Waals surface area contributed by atoms with Crippen LogP contribution < -0.4 is 9.47 Å². The topological polar surface area (TPSA) is 18.5 Å². The monoisotopic (exact) mass is 430 g/mol. The average Bonchev–Trinajstić information content (AvgIpc) is 3.11. The molecule has 1 aliphatic carbocycles. The van der Waals surface area contributed by atoms with Gasteiger partial charge in [-0.25, -0.2) is 0 Å². The average molecular weight is 431 g/mol. The van der Waals surface area contributed by atoms with E-state index in [0.717, 1.165) is 22.6 Å². The highest BCUT2D eigenvalue weighted by Crippen LogP contribution is 2.57. The summed E-state index contributed by atoms with van der Waals surface area (Å²) in [5, 5.41) is 0. The lowest BCUT2D eigenvalue weighted by atomic mass is 9.65. The van der Waals surface area contributed by atoms with E-state index >= 15 is 0 Å². The van der Waals surface area contributed by atoms with Crippen LogP contribution in [0.25, 0.3) is 11.1 Å². The van der Waals surface area contributed by atoms with Crippen LogP contribution in [-0.2, 0) is 5.41 Å². The summed E-state index contributed by atoms with van der Waals surface area (Å²) in [6.45, 7) is 11.7. The van der Waals surface area contributed by atoms with Crippen LogP contribution in [0.5, 0.6) is 11.5 Å². The highest BCUT2D eigenvalue weighted by Gasteiger charge is 2.47. The van der Waals surface area contributed by atoms with Gasteiger partial charge in [-0.1, -0.05) is 73.8 Å². The van der Waals surface area contributed by atoms with Crippen molar-refractivity contribution >= 4 is 0 Å². The van der Waals surface area contributed by atoms with E-state index in [0.29, 0.717) is 0 Å². The summed E-state index contributed by atoms with van der Waals surface area (Å²) < 4.78 is 11.2. The van der Waals surface area contributed by atoms with Gasteiger partial charge in [0.2, 0.25) is 0 Å². The Morgan fingerprint density at radius 3 is 1.39 bits per heavy atom. The molecule has 4 aromatic carbocycles. The first-order valence-electron chi connectivity index (χ1n) is 11.1. The molecule has 2 heteroatoms. The molecule has 0 unspecified atom stereocenters. The fourth-order valence-corrected chi connectivity index (χ4v) is 5.41. The second-order valence-corrected chi connectivity index (χ2v) is 8.36. The molecular formula is C31H26O2. The second-order valence-electron chi connectivity index (χ2n) is 8.36. The molecule has 33 heavy (non-hydrogen) atoms. The van der Waals surface area contributed by atoms with Crippen molar-refractivity contribution in [2.24, 2.45) is 0 Å². The molecule has 0 N–H and O–H groups in total. The van der Waals surface area contributed by atoms with E-state index in [-0.39, 0.29) is 0 Å². The molecule has 2 nitrogen and oxygen atoms in total. The molecule has 0 bridgehead atoms. The number of aryl methyl sites for hydroxylation is 2. The predicted octanol–water partition coefficient (Wildman–Crippen LogP) is 7.71. The molecule has 1 aliphatic rings. The zero-order valence-electron chi connectivity index (χ0n) is 19.0. The van der Waals surface area contributed by atoms with Gasteiger partial charge in [0.25, 0.3) is 0 Å². The van der Waals surface area contributed by atoms with Gasteiger partial charge in [-0.2, -0.15) is 0 Å². The van der Waals surface area contributed by atoms with Crippen molar-refractivity contribution in [3.8, 4) is 22.6 Å².